The maximum absolute atomic E-state index is 12.5. The summed E-state index contributed by atoms with van der Waals surface area (Å²) in [5.74, 6) is 0.761. The lowest BCUT2D eigenvalue weighted by Gasteiger charge is -2.10. The molecule has 32 heavy (non-hydrogen) atoms. The number of carbonyl (C=O) groups is 1. The van der Waals surface area contributed by atoms with Crippen LogP contribution in [-0.2, 0) is 11.3 Å². The predicted molar refractivity (Wildman–Crippen MR) is 125 cm³/mol. The number of anilines is 1. The van der Waals surface area contributed by atoms with Gasteiger partial charge in [-0.1, -0.05) is 43.8 Å². The zero-order valence-corrected chi connectivity index (χ0v) is 19.1. The summed E-state index contributed by atoms with van der Waals surface area (Å²) < 4.78 is 12.5. The van der Waals surface area contributed by atoms with Crippen LogP contribution >= 0.6 is 11.8 Å². The number of nitrogens with one attached hydrogen (secondary N) is 2. The second kappa shape index (κ2) is 10.0. The number of amides is 1. The van der Waals surface area contributed by atoms with E-state index in [0.717, 1.165) is 22.2 Å². The second-order valence-corrected chi connectivity index (χ2v) is 8.99. The van der Waals surface area contributed by atoms with Crippen LogP contribution in [0.25, 0.3) is 22.0 Å². The Labute approximate surface area is 189 Å². The number of para-hydroxylation sites is 1. The van der Waals surface area contributed by atoms with Crippen LogP contribution in [-0.4, -0.2) is 57.7 Å². The van der Waals surface area contributed by atoms with Gasteiger partial charge >= 0.3 is 0 Å². The number of furan rings is 1. The van der Waals surface area contributed by atoms with Gasteiger partial charge in [-0.3, -0.25) is 4.79 Å². The number of carbonyl (C=O) groups excluding carboxylic acids is 1. The van der Waals surface area contributed by atoms with E-state index in [2.05, 4.69) is 34.6 Å². The fourth-order valence-electron chi connectivity index (χ4n) is 3.22. The van der Waals surface area contributed by atoms with Crippen LogP contribution in [0, 0.1) is 0 Å². The van der Waals surface area contributed by atoms with Crippen molar-refractivity contribution < 1.29 is 13.9 Å². The molecule has 0 saturated carbocycles. The summed E-state index contributed by atoms with van der Waals surface area (Å²) in [6, 6.07) is 9.29. The molecule has 0 aliphatic carbocycles. The molecule has 10 heteroatoms. The van der Waals surface area contributed by atoms with Gasteiger partial charge in [0.15, 0.2) is 16.6 Å². The van der Waals surface area contributed by atoms with Crippen LogP contribution < -0.4 is 10.6 Å². The smallest absolute Gasteiger partial charge is 0.287 e. The number of ether oxygens (including phenoxy) is 1. The fourth-order valence-corrected chi connectivity index (χ4v) is 3.93. The van der Waals surface area contributed by atoms with Crippen molar-refractivity contribution in [2.24, 2.45) is 0 Å². The zero-order chi connectivity index (χ0) is 22.5. The van der Waals surface area contributed by atoms with Crippen molar-refractivity contribution >= 4 is 45.5 Å². The SMILES string of the molecule is COCCNc1nc(SC(C)C)nc2c1cnn2CCNC(=O)c1cc2ccccc2o1. The van der Waals surface area contributed by atoms with Crippen molar-refractivity contribution in [2.45, 2.75) is 30.8 Å². The lowest BCUT2D eigenvalue weighted by atomic mass is 10.2. The molecule has 2 N–H and O–H groups in total. The van der Waals surface area contributed by atoms with Crippen LogP contribution in [0.3, 0.4) is 0 Å². The normalized spacial score (nSPS) is 11.5. The Hall–Kier alpha value is -3.11. The monoisotopic (exact) mass is 454 g/mol. The van der Waals surface area contributed by atoms with Crippen LogP contribution in [0.4, 0.5) is 5.82 Å². The van der Waals surface area contributed by atoms with Gasteiger partial charge in [0.25, 0.3) is 5.91 Å². The van der Waals surface area contributed by atoms with Gasteiger partial charge in [0.1, 0.15) is 11.4 Å². The largest absolute Gasteiger partial charge is 0.451 e. The molecule has 3 aromatic heterocycles. The first-order valence-electron chi connectivity index (χ1n) is 10.4. The van der Waals surface area contributed by atoms with Gasteiger partial charge in [-0.25, -0.2) is 14.6 Å². The summed E-state index contributed by atoms with van der Waals surface area (Å²) in [7, 11) is 1.66. The van der Waals surface area contributed by atoms with E-state index in [-0.39, 0.29) is 5.91 Å². The Morgan fingerprint density at radius 1 is 1.25 bits per heavy atom. The molecule has 0 saturated heterocycles. The topological polar surface area (TPSA) is 107 Å². The molecule has 0 bridgehead atoms. The highest BCUT2D eigenvalue weighted by atomic mass is 32.2. The molecule has 0 aliphatic rings. The van der Waals surface area contributed by atoms with Crippen molar-refractivity contribution in [1.82, 2.24) is 25.1 Å². The van der Waals surface area contributed by atoms with Crippen LogP contribution in [0.2, 0.25) is 0 Å². The number of methoxy groups -OCH3 is 1. The predicted octanol–water partition coefficient (Wildman–Crippen LogP) is 3.56. The molecular formula is C22H26N6O3S. The lowest BCUT2D eigenvalue weighted by Crippen LogP contribution is -2.27. The van der Waals surface area contributed by atoms with Crippen molar-refractivity contribution in [3.8, 4) is 0 Å². The third-order valence-corrected chi connectivity index (χ3v) is 5.54. The molecule has 4 aromatic rings. The summed E-state index contributed by atoms with van der Waals surface area (Å²) >= 11 is 1.59. The highest BCUT2D eigenvalue weighted by Crippen LogP contribution is 2.26. The van der Waals surface area contributed by atoms with Gasteiger partial charge in [-0.2, -0.15) is 5.10 Å². The molecule has 0 atom stereocenters. The molecule has 3 heterocycles. The first kappa shape index (κ1) is 22.1. The minimum atomic E-state index is -0.259. The number of aromatic nitrogens is 4. The second-order valence-electron chi connectivity index (χ2n) is 7.45. The minimum absolute atomic E-state index is 0.259. The van der Waals surface area contributed by atoms with E-state index in [9.17, 15) is 4.79 Å². The molecular weight excluding hydrogens is 428 g/mol. The van der Waals surface area contributed by atoms with Crippen molar-refractivity contribution in [3.63, 3.8) is 0 Å². The highest BCUT2D eigenvalue weighted by Gasteiger charge is 2.15. The van der Waals surface area contributed by atoms with Crippen molar-refractivity contribution in [3.05, 3.63) is 42.3 Å². The Bertz CT molecular complexity index is 1190. The summed E-state index contributed by atoms with van der Waals surface area (Å²) in [5, 5.41) is 13.4. The van der Waals surface area contributed by atoms with Gasteiger partial charge in [0.2, 0.25) is 0 Å². The van der Waals surface area contributed by atoms with Gasteiger partial charge in [-0.15, -0.1) is 0 Å². The average Bonchev–Trinajstić information content (AvgIpc) is 3.38. The average molecular weight is 455 g/mol. The van der Waals surface area contributed by atoms with E-state index in [1.807, 2.05) is 24.3 Å². The first-order chi connectivity index (χ1) is 15.5. The van der Waals surface area contributed by atoms with E-state index in [1.54, 1.807) is 35.8 Å². The molecule has 168 valence electrons. The standard InChI is InChI=1S/C22H26N6O3S/c1-14(2)32-22-26-19(23-9-11-30-3)16-13-25-28(20(16)27-22)10-8-24-21(29)18-12-15-6-4-5-7-17(15)31-18/h4-7,12-14H,8-11H2,1-3H3,(H,24,29)(H,23,26,27). The van der Waals surface area contributed by atoms with E-state index in [1.165, 1.54) is 0 Å². The molecule has 9 nitrogen and oxygen atoms in total. The molecule has 0 radical (unpaired) electrons. The Kier molecular flexibility index (Phi) is 6.91. The first-order valence-corrected chi connectivity index (χ1v) is 11.3. The van der Waals surface area contributed by atoms with Crippen LogP contribution in [0.1, 0.15) is 24.4 Å². The van der Waals surface area contributed by atoms with E-state index < -0.39 is 0 Å². The molecule has 1 amide bonds. The van der Waals surface area contributed by atoms with E-state index in [4.69, 9.17) is 14.1 Å². The van der Waals surface area contributed by atoms with Crippen molar-refractivity contribution in [2.75, 3.05) is 32.1 Å². The number of thioether (sulfide) groups is 1. The highest BCUT2D eigenvalue weighted by molar-refractivity contribution is 7.99. The van der Waals surface area contributed by atoms with E-state index >= 15 is 0 Å². The number of hydrogen-bond acceptors (Lipinski definition) is 8. The maximum atomic E-state index is 12.5. The fraction of sp³-hybridized carbons (Fsp3) is 0.364. The minimum Gasteiger partial charge on any atom is -0.451 e. The zero-order valence-electron chi connectivity index (χ0n) is 18.3. The molecule has 0 fully saturated rings. The van der Waals surface area contributed by atoms with Gasteiger partial charge in [0.05, 0.1) is 24.7 Å². The summed E-state index contributed by atoms with van der Waals surface area (Å²) in [4.78, 5) is 21.8. The quantitative estimate of drug-likeness (QED) is 0.213. The number of fused-ring (bicyclic) bond motifs is 2. The van der Waals surface area contributed by atoms with E-state index in [0.29, 0.717) is 48.0 Å². The third kappa shape index (κ3) is 5.03. The van der Waals surface area contributed by atoms with Crippen molar-refractivity contribution in [1.29, 1.82) is 0 Å². The van der Waals surface area contributed by atoms with Crippen LogP contribution in [0.15, 0.2) is 46.1 Å². The summed E-state index contributed by atoms with van der Waals surface area (Å²) in [6.07, 6.45) is 1.75. The molecule has 0 spiro atoms. The summed E-state index contributed by atoms with van der Waals surface area (Å²) in [5.41, 5.74) is 1.41. The third-order valence-electron chi connectivity index (χ3n) is 4.67. The van der Waals surface area contributed by atoms with Gasteiger partial charge in [-0.05, 0) is 12.1 Å². The number of benzene rings is 1. The van der Waals surface area contributed by atoms with Crippen LogP contribution in [0.5, 0.6) is 0 Å². The van der Waals surface area contributed by atoms with Gasteiger partial charge in [0, 0.05) is 30.8 Å². The summed E-state index contributed by atoms with van der Waals surface area (Å²) in [6.45, 7) is 6.25. The lowest BCUT2D eigenvalue weighted by molar-refractivity contribution is 0.0926. The molecule has 0 unspecified atom stereocenters. The Morgan fingerprint density at radius 2 is 2.09 bits per heavy atom. The van der Waals surface area contributed by atoms with Gasteiger partial charge < -0.3 is 19.8 Å². The molecule has 0 aliphatic heterocycles. The Morgan fingerprint density at radius 3 is 2.88 bits per heavy atom. The molecule has 4 rings (SSSR count). The number of rotatable bonds is 10. The number of nitrogens with zero attached hydrogens (tertiary/aromatic N) is 4. The number of hydrogen-bond donors (Lipinski definition) is 2. The maximum Gasteiger partial charge on any atom is 0.287 e. The Balaban J connectivity index is 1.48. The molecule has 1 aromatic carbocycles.